The SMILES string of the molecule is CC(=O)Nc1ccc(Sc2nc(Nc3cc(C)[nH]n3)c(C)c(N3CCN(CCN4CCOCC4)CC3)n2)cc1. The molecule has 0 bridgehead atoms. The molecule has 1 aromatic carbocycles. The van der Waals surface area contributed by atoms with Gasteiger partial charge in [-0.1, -0.05) is 0 Å². The third kappa shape index (κ3) is 7.47. The van der Waals surface area contributed by atoms with E-state index in [9.17, 15) is 4.79 Å². The van der Waals surface area contributed by atoms with Crippen LogP contribution in [0.4, 0.5) is 23.1 Å². The summed E-state index contributed by atoms with van der Waals surface area (Å²) >= 11 is 1.50. The molecule has 2 fully saturated rings. The Morgan fingerprint density at radius 1 is 1.00 bits per heavy atom. The fourth-order valence-corrected chi connectivity index (χ4v) is 5.52. The van der Waals surface area contributed by atoms with Gasteiger partial charge in [0, 0.05) is 87.2 Å². The van der Waals surface area contributed by atoms with Gasteiger partial charge >= 0.3 is 0 Å². The summed E-state index contributed by atoms with van der Waals surface area (Å²) in [5, 5.41) is 14.2. The summed E-state index contributed by atoms with van der Waals surface area (Å²) in [6.07, 6.45) is 0. The van der Waals surface area contributed by atoms with Gasteiger partial charge in [0.1, 0.15) is 11.6 Å². The second-order valence-corrected chi connectivity index (χ2v) is 11.0. The van der Waals surface area contributed by atoms with E-state index in [2.05, 4.69) is 42.5 Å². The van der Waals surface area contributed by atoms with Gasteiger partial charge in [-0.15, -0.1) is 0 Å². The Morgan fingerprint density at radius 3 is 2.33 bits per heavy atom. The Kier molecular flexibility index (Phi) is 8.97. The number of hydrogen-bond donors (Lipinski definition) is 3. The van der Waals surface area contributed by atoms with Crippen molar-refractivity contribution in [2.24, 2.45) is 0 Å². The first-order chi connectivity index (χ1) is 18.9. The van der Waals surface area contributed by atoms with Crippen LogP contribution in [-0.4, -0.2) is 101 Å². The van der Waals surface area contributed by atoms with Crippen LogP contribution in [0.15, 0.2) is 40.4 Å². The second kappa shape index (κ2) is 12.8. The number of nitrogens with zero attached hydrogens (tertiary/aromatic N) is 6. The molecule has 3 N–H and O–H groups in total. The van der Waals surface area contributed by atoms with E-state index in [1.165, 1.54) is 18.7 Å². The minimum Gasteiger partial charge on any atom is -0.379 e. The molecule has 0 aliphatic carbocycles. The van der Waals surface area contributed by atoms with Crippen LogP contribution in [0.3, 0.4) is 0 Å². The second-order valence-electron chi connectivity index (χ2n) is 9.95. The normalized spacial score (nSPS) is 16.8. The lowest BCUT2D eigenvalue weighted by atomic mass is 10.2. The van der Waals surface area contributed by atoms with E-state index in [4.69, 9.17) is 14.7 Å². The molecule has 208 valence electrons. The molecule has 4 heterocycles. The number of aromatic nitrogens is 4. The summed E-state index contributed by atoms with van der Waals surface area (Å²) < 4.78 is 5.48. The van der Waals surface area contributed by atoms with Crippen LogP contribution < -0.4 is 15.5 Å². The molecule has 0 unspecified atom stereocenters. The number of hydrogen-bond acceptors (Lipinski definition) is 10. The van der Waals surface area contributed by atoms with E-state index in [0.717, 1.165) is 105 Å². The zero-order valence-electron chi connectivity index (χ0n) is 22.9. The highest BCUT2D eigenvalue weighted by Crippen LogP contribution is 2.33. The van der Waals surface area contributed by atoms with E-state index in [-0.39, 0.29) is 5.91 Å². The zero-order valence-corrected chi connectivity index (χ0v) is 23.7. The Hall–Kier alpha value is -3.19. The van der Waals surface area contributed by atoms with Gasteiger partial charge in [-0.25, -0.2) is 9.97 Å². The van der Waals surface area contributed by atoms with E-state index < -0.39 is 0 Å². The Bertz CT molecular complexity index is 1250. The van der Waals surface area contributed by atoms with Gasteiger partial charge < -0.3 is 20.3 Å². The van der Waals surface area contributed by atoms with Gasteiger partial charge in [0.2, 0.25) is 5.91 Å². The molecule has 12 heteroatoms. The lowest BCUT2D eigenvalue weighted by Crippen LogP contribution is -2.49. The standard InChI is InChI=1S/C27H37N9O2S/c1-19-18-24(33-32-19)29-25-20(2)26(31-27(30-25)39-23-6-4-22(5-7-23)28-21(3)37)36-12-10-34(11-13-36)8-9-35-14-16-38-17-15-35/h4-7,18H,8-17H2,1-3H3,(H,28,37)(H2,29,30,31,32,33). The number of piperazine rings is 1. The topological polar surface area (TPSA) is 115 Å². The smallest absolute Gasteiger partial charge is 0.221 e. The van der Waals surface area contributed by atoms with E-state index in [0.29, 0.717) is 5.16 Å². The fourth-order valence-electron chi connectivity index (χ4n) is 4.77. The summed E-state index contributed by atoms with van der Waals surface area (Å²) in [4.78, 5) is 29.6. The van der Waals surface area contributed by atoms with Crippen LogP contribution in [0.25, 0.3) is 0 Å². The van der Waals surface area contributed by atoms with Gasteiger partial charge in [-0.3, -0.25) is 19.7 Å². The number of H-pyrrole nitrogens is 1. The van der Waals surface area contributed by atoms with Crippen molar-refractivity contribution in [1.29, 1.82) is 0 Å². The van der Waals surface area contributed by atoms with Crippen LogP contribution >= 0.6 is 11.8 Å². The minimum absolute atomic E-state index is 0.0903. The zero-order chi connectivity index (χ0) is 27.2. The predicted molar refractivity (Wildman–Crippen MR) is 154 cm³/mol. The highest BCUT2D eigenvalue weighted by atomic mass is 32.2. The number of aromatic amines is 1. The molecule has 3 aromatic rings. The third-order valence-electron chi connectivity index (χ3n) is 6.94. The quantitative estimate of drug-likeness (QED) is 0.343. The number of morpholine rings is 1. The van der Waals surface area contributed by atoms with Crippen LogP contribution in [-0.2, 0) is 9.53 Å². The van der Waals surface area contributed by atoms with E-state index >= 15 is 0 Å². The lowest BCUT2D eigenvalue weighted by Gasteiger charge is -2.37. The fraction of sp³-hybridized carbons (Fsp3) is 0.481. The summed E-state index contributed by atoms with van der Waals surface area (Å²) in [5.74, 6) is 2.33. The number of carbonyl (C=O) groups is 1. The van der Waals surface area contributed by atoms with Crippen molar-refractivity contribution in [3.05, 3.63) is 41.6 Å². The molecular formula is C27H37N9O2S. The summed E-state index contributed by atoms with van der Waals surface area (Å²) in [7, 11) is 0. The molecule has 5 rings (SSSR count). The van der Waals surface area contributed by atoms with Gasteiger partial charge in [0.15, 0.2) is 11.0 Å². The number of amides is 1. The molecule has 0 spiro atoms. The third-order valence-corrected chi connectivity index (χ3v) is 7.82. The highest BCUT2D eigenvalue weighted by molar-refractivity contribution is 7.99. The first-order valence-corrected chi connectivity index (χ1v) is 14.3. The highest BCUT2D eigenvalue weighted by Gasteiger charge is 2.23. The minimum atomic E-state index is -0.0903. The number of anilines is 4. The summed E-state index contributed by atoms with van der Waals surface area (Å²) in [6, 6.07) is 9.68. The lowest BCUT2D eigenvalue weighted by molar-refractivity contribution is -0.114. The van der Waals surface area contributed by atoms with Crippen LogP contribution in [0.1, 0.15) is 18.2 Å². The van der Waals surface area contributed by atoms with Crippen molar-refractivity contribution in [2.45, 2.75) is 30.8 Å². The largest absolute Gasteiger partial charge is 0.379 e. The van der Waals surface area contributed by atoms with Crippen molar-refractivity contribution in [3.8, 4) is 0 Å². The molecule has 2 aromatic heterocycles. The molecule has 1 amide bonds. The molecule has 2 saturated heterocycles. The van der Waals surface area contributed by atoms with Crippen molar-refractivity contribution in [1.82, 2.24) is 30.0 Å². The monoisotopic (exact) mass is 551 g/mol. The average molecular weight is 552 g/mol. The first-order valence-electron chi connectivity index (χ1n) is 13.4. The predicted octanol–water partition coefficient (Wildman–Crippen LogP) is 3.12. The van der Waals surface area contributed by atoms with Crippen molar-refractivity contribution < 1.29 is 9.53 Å². The van der Waals surface area contributed by atoms with Crippen molar-refractivity contribution in [3.63, 3.8) is 0 Å². The van der Waals surface area contributed by atoms with Gasteiger partial charge in [0.25, 0.3) is 0 Å². The maximum absolute atomic E-state index is 11.4. The number of rotatable bonds is 9. The maximum Gasteiger partial charge on any atom is 0.221 e. The molecule has 2 aliphatic rings. The number of benzene rings is 1. The van der Waals surface area contributed by atoms with Crippen LogP contribution in [0.5, 0.6) is 0 Å². The van der Waals surface area contributed by atoms with Crippen molar-refractivity contribution in [2.75, 3.05) is 81.1 Å². The maximum atomic E-state index is 11.4. The van der Waals surface area contributed by atoms with E-state index in [1.54, 1.807) is 0 Å². The Labute approximate surface area is 233 Å². The number of carbonyl (C=O) groups excluding carboxylic acids is 1. The summed E-state index contributed by atoms with van der Waals surface area (Å²) in [5.41, 5.74) is 2.74. The molecular weight excluding hydrogens is 514 g/mol. The van der Waals surface area contributed by atoms with Gasteiger partial charge in [-0.05, 0) is 49.9 Å². The Morgan fingerprint density at radius 2 is 1.69 bits per heavy atom. The molecule has 0 atom stereocenters. The van der Waals surface area contributed by atoms with Crippen LogP contribution in [0.2, 0.25) is 0 Å². The Balaban J connectivity index is 1.30. The summed E-state index contributed by atoms with van der Waals surface area (Å²) in [6.45, 7) is 15.3. The molecule has 0 radical (unpaired) electrons. The molecule has 11 nitrogen and oxygen atoms in total. The van der Waals surface area contributed by atoms with Gasteiger partial charge in [-0.2, -0.15) is 5.10 Å². The molecule has 39 heavy (non-hydrogen) atoms. The van der Waals surface area contributed by atoms with Gasteiger partial charge in [0.05, 0.1) is 13.2 Å². The molecule has 0 saturated carbocycles. The van der Waals surface area contributed by atoms with Crippen molar-refractivity contribution >= 4 is 40.8 Å². The number of nitrogens with one attached hydrogen (secondary N) is 3. The van der Waals surface area contributed by atoms with E-state index in [1.807, 2.05) is 37.3 Å². The van der Waals surface area contributed by atoms with Crippen LogP contribution in [0, 0.1) is 13.8 Å². The number of aryl methyl sites for hydroxylation is 1. The first kappa shape index (κ1) is 27.4. The molecule has 2 aliphatic heterocycles. The number of ether oxygens (including phenoxy) is 1. The average Bonchev–Trinajstić information content (AvgIpc) is 3.35.